The normalized spacial score (nSPS) is 11.2. The number of nitroso groups, excluding NO2 is 1. The van der Waals surface area contributed by atoms with Gasteiger partial charge in [0.05, 0.1) is 17.1 Å². The molecule has 0 amide bonds. The van der Waals surface area contributed by atoms with Crippen molar-refractivity contribution in [3.05, 3.63) is 47.0 Å². The number of anilines is 1. The van der Waals surface area contributed by atoms with Gasteiger partial charge in [0.15, 0.2) is 11.6 Å². The van der Waals surface area contributed by atoms with E-state index < -0.39 is 0 Å². The highest BCUT2D eigenvalue weighted by atomic mass is 19.1. The highest BCUT2D eigenvalue weighted by molar-refractivity contribution is 5.84. The Morgan fingerprint density at radius 3 is 2.67 bits per heavy atom. The Bertz CT molecular complexity index is 919. The van der Waals surface area contributed by atoms with E-state index in [1.54, 1.807) is 18.6 Å². The van der Waals surface area contributed by atoms with Crippen LogP contribution in [0.4, 0.5) is 10.2 Å². The molecule has 24 heavy (non-hydrogen) atoms. The summed E-state index contributed by atoms with van der Waals surface area (Å²) in [4.78, 5) is 19.1. The molecule has 0 aliphatic rings. The number of hydrogen-bond donors (Lipinski definition) is 0. The Morgan fingerprint density at radius 2 is 2.00 bits per heavy atom. The van der Waals surface area contributed by atoms with Crippen LogP contribution in [-0.4, -0.2) is 21.6 Å². The Hall–Kier alpha value is -2.83. The van der Waals surface area contributed by atoms with Crippen LogP contribution in [0.3, 0.4) is 0 Å². The standard InChI is InChI=1S/C17H18FN5O/c1-10(2)23-9-20-17-14(18)5-12(6-15(17)23)13-7-16(22(4)21-24)19-8-11(13)3/h5-10H,1-4H3. The van der Waals surface area contributed by atoms with Crippen LogP contribution in [0.2, 0.25) is 0 Å². The summed E-state index contributed by atoms with van der Waals surface area (Å²) in [5.74, 6) is 0.0324. The molecule has 0 atom stereocenters. The zero-order valence-corrected chi connectivity index (χ0v) is 14.0. The van der Waals surface area contributed by atoms with E-state index >= 15 is 0 Å². The van der Waals surface area contributed by atoms with Crippen molar-refractivity contribution in [3.8, 4) is 11.1 Å². The first-order valence-electron chi connectivity index (χ1n) is 7.62. The highest BCUT2D eigenvalue weighted by Gasteiger charge is 2.15. The Morgan fingerprint density at radius 1 is 1.25 bits per heavy atom. The topological polar surface area (TPSA) is 63.4 Å². The van der Waals surface area contributed by atoms with Crippen molar-refractivity contribution in [1.29, 1.82) is 0 Å². The fraction of sp³-hybridized carbons (Fsp3) is 0.294. The minimum absolute atomic E-state index is 0.171. The lowest BCUT2D eigenvalue weighted by Gasteiger charge is -2.13. The predicted molar refractivity (Wildman–Crippen MR) is 92.2 cm³/mol. The third kappa shape index (κ3) is 2.62. The maximum Gasteiger partial charge on any atom is 0.152 e. The van der Waals surface area contributed by atoms with Gasteiger partial charge in [-0.05, 0) is 55.7 Å². The first-order valence-corrected chi connectivity index (χ1v) is 7.62. The lowest BCUT2D eigenvalue weighted by Crippen LogP contribution is -2.09. The van der Waals surface area contributed by atoms with Crippen LogP contribution >= 0.6 is 0 Å². The summed E-state index contributed by atoms with van der Waals surface area (Å²) in [5.41, 5.74) is 3.48. The number of rotatable bonds is 4. The molecule has 3 aromatic rings. The molecule has 7 heteroatoms. The number of benzene rings is 1. The van der Waals surface area contributed by atoms with Gasteiger partial charge in [-0.15, -0.1) is 4.91 Å². The van der Waals surface area contributed by atoms with Crippen LogP contribution in [0.15, 0.2) is 36.0 Å². The minimum atomic E-state index is -0.374. The van der Waals surface area contributed by atoms with Gasteiger partial charge in [-0.25, -0.2) is 19.4 Å². The summed E-state index contributed by atoms with van der Waals surface area (Å²) in [7, 11) is 1.52. The largest absolute Gasteiger partial charge is 0.328 e. The third-order valence-electron chi connectivity index (χ3n) is 4.04. The van der Waals surface area contributed by atoms with E-state index in [9.17, 15) is 9.30 Å². The molecule has 0 spiro atoms. The minimum Gasteiger partial charge on any atom is -0.328 e. The number of fused-ring (bicyclic) bond motifs is 1. The second kappa shape index (κ2) is 5.99. The maximum absolute atomic E-state index is 14.5. The maximum atomic E-state index is 14.5. The van der Waals surface area contributed by atoms with Gasteiger partial charge in [0.1, 0.15) is 5.52 Å². The van der Waals surface area contributed by atoms with E-state index in [4.69, 9.17) is 0 Å². The van der Waals surface area contributed by atoms with Crippen LogP contribution in [0.5, 0.6) is 0 Å². The van der Waals surface area contributed by atoms with Crippen molar-refractivity contribution < 1.29 is 4.39 Å². The molecule has 2 aromatic heterocycles. The van der Waals surface area contributed by atoms with Crippen molar-refractivity contribution in [2.75, 3.05) is 12.1 Å². The Kier molecular flexibility index (Phi) is 4.01. The van der Waals surface area contributed by atoms with Gasteiger partial charge in [0.25, 0.3) is 0 Å². The molecule has 0 aliphatic heterocycles. The monoisotopic (exact) mass is 327 g/mol. The summed E-state index contributed by atoms with van der Waals surface area (Å²) in [6, 6.07) is 5.27. The molecule has 0 fully saturated rings. The molecule has 0 N–H and O–H groups in total. The number of pyridine rings is 1. The van der Waals surface area contributed by atoms with Gasteiger partial charge < -0.3 is 4.57 Å². The average Bonchev–Trinajstić information content (AvgIpc) is 2.99. The smallest absolute Gasteiger partial charge is 0.152 e. The van der Waals surface area contributed by atoms with E-state index in [0.717, 1.165) is 21.7 Å². The molecular weight excluding hydrogens is 309 g/mol. The third-order valence-corrected chi connectivity index (χ3v) is 4.04. The molecule has 0 saturated carbocycles. The zero-order valence-electron chi connectivity index (χ0n) is 14.0. The first-order chi connectivity index (χ1) is 11.4. The van der Waals surface area contributed by atoms with Gasteiger partial charge in [-0.3, -0.25) is 0 Å². The molecule has 124 valence electrons. The average molecular weight is 327 g/mol. The molecule has 6 nitrogen and oxygen atoms in total. The van der Waals surface area contributed by atoms with Crippen molar-refractivity contribution in [1.82, 2.24) is 14.5 Å². The molecule has 0 unspecified atom stereocenters. The second-order valence-electron chi connectivity index (χ2n) is 6.03. The van der Waals surface area contributed by atoms with E-state index in [1.165, 1.54) is 13.1 Å². The highest BCUT2D eigenvalue weighted by Crippen LogP contribution is 2.31. The number of nitrogens with zero attached hydrogens (tertiary/aromatic N) is 5. The quantitative estimate of drug-likeness (QED) is 0.531. The summed E-state index contributed by atoms with van der Waals surface area (Å²) in [6.07, 6.45) is 3.30. The fourth-order valence-corrected chi connectivity index (χ4v) is 2.70. The summed E-state index contributed by atoms with van der Waals surface area (Å²) in [6.45, 7) is 5.93. The molecule has 1 aromatic carbocycles. The second-order valence-corrected chi connectivity index (χ2v) is 6.03. The molecule has 0 bridgehead atoms. The predicted octanol–water partition coefficient (Wildman–Crippen LogP) is 4.24. The van der Waals surface area contributed by atoms with Gasteiger partial charge in [0, 0.05) is 19.3 Å². The molecule has 0 saturated heterocycles. The van der Waals surface area contributed by atoms with E-state index in [2.05, 4.69) is 15.3 Å². The lowest BCUT2D eigenvalue weighted by molar-refractivity contribution is 0.617. The SMILES string of the molecule is Cc1cnc(N(C)N=O)cc1-c1cc(F)c2ncn(C(C)C)c2c1. The van der Waals surface area contributed by atoms with E-state index in [0.29, 0.717) is 16.9 Å². The molecule has 0 aliphatic carbocycles. The molecule has 3 rings (SSSR count). The van der Waals surface area contributed by atoms with E-state index in [1.807, 2.05) is 31.4 Å². The molecule has 0 radical (unpaired) electrons. The number of halogens is 1. The van der Waals surface area contributed by atoms with Crippen molar-refractivity contribution >= 4 is 16.9 Å². The van der Waals surface area contributed by atoms with Gasteiger partial charge >= 0.3 is 0 Å². The summed E-state index contributed by atoms with van der Waals surface area (Å²) >= 11 is 0. The number of hydrogen-bond acceptors (Lipinski definition) is 4. The number of aromatic nitrogens is 3. The number of imidazole rings is 1. The van der Waals surface area contributed by atoms with Crippen LogP contribution < -0.4 is 5.01 Å². The Balaban J connectivity index is 2.22. The van der Waals surface area contributed by atoms with E-state index in [-0.39, 0.29) is 11.9 Å². The summed E-state index contributed by atoms with van der Waals surface area (Å²) in [5, 5.41) is 3.99. The lowest BCUT2D eigenvalue weighted by atomic mass is 10.0. The number of aryl methyl sites for hydroxylation is 1. The zero-order chi connectivity index (χ0) is 17.4. The molecular formula is C17H18FN5O. The van der Waals surface area contributed by atoms with Crippen LogP contribution in [0, 0.1) is 17.6 Å². The Labute approximate surface area is 138 Å². The van der Waals surface area contributed by atoms with Crippen molar-refractivity contribution in [3.63, 3.8) is 0 Å². The summed E-state index contributed by atoms with van der Waals surface area (Å²) < 4.78 is 16.4. The van der Waals surface area contributed by atoms with Crippen LogP contribution in [0.25, 0.3) is 22.2 Å². The van der Waals surface area contributed by atoms with Gasteiger partial charge in [-0.2, -0.15) is 0 Å². The van der Waals surface area contributed by atoms with Gasteiger partial charge in [-0.1, -0.05) is 0 Å². The van der Waals surface area contributed by atoms with Crippen molar-refractivity contribution in [2.45, 2.75) is 26.8 Å². The fourth-order valence-electron chi connectivity index (χ4n) is 2.70. The van der Waals surface area contributed by atoms with Crippen LogP contribution in [0.1, 0.15) is 25.5 Å². The molecule has 2 heterocycles. The first kappa shape index (κ1) is 16.0. The van der Waals surface area contributed by atoms with Crippen molar-refractivity contribution in [2.24, 2.45) is 5.29 Å². The van der Waals surface area contributed by atoms with Crippen LogP contribution in [-0.2, 0) is 0 Å². The van der Waals surface area contributed by atoms with Gasteiger partial charge in [0.2, 0.25) is 0 Å².